The predicted octanol–water partition coefficient (Wildman–Crippen LogP) is 3.96. The van der Waals surface area contributed by atoms with E-state index in [1.165, 1.54) is 23.5 Å². The summed E-state index contributed by atoms with van der Waals surface area (Å²) in [5, 5.41) is 16.4. The van der Waals surface area contributed by atoms with Crippen molar-refractivity contribution in [2.75, 3.05) is 10.6 Å². The number of amides is 1. The van der Waals surface area contributed by atoms with Gasteiger partial charge in [0.2, 0.25) is 5.91 Å². The fourth-order valence-corrected chi connectivity index (χ4v) is 2.55. The predicted molar refractivity (Wildman–Crippen MR) is 83.9 cm³/mol. The number of halogens is 3. The zero-order valence-electron chi connectivity index (χ0n) is 12.3. The molecule has 9 heteroatoms. The molecule has 0 radical (unpaired) electrons. The van der Waals surface area contributed by atoms with Crippen LogP contribution in [0.3, 0.4) is 0 Å². The van der Waals surface area contributed by atoms with Gasteiger partial charge in [0.25, 0.3) is 0 Å². The van der Waals surface area contributed by atoms with Crippen LogP contribution in [0, 0.1) is 11.3 Å². The second kappa shape index (κ2) is 7.23. The molecule has 0 aliphatic rings. The Morgan fingerprint density at radius 2 is 2.12 bits per heavy atom. The highest BCUT2D eigenvalue weighted by molar-refractivity contribution is 7.14. The molecule has 0 saturated heterocycles. The maximum absolute atomic E-state index is 12.2. The highest BCUT2D eigenvalue weighted by Gasteiger charge is 2.31. The molecule has 5 nitrogen and oxygen atoms in total. The van der Waals surface area contributed by atoms with E-state index in [0.29, 0.717) is 16.3 Å². The summed E-state index contributed by atoms with van der Waals surface area (Å²) >= 11 is 1.21. The van der Waals surface area contributed by atoms with Crippen LogP contribution in [-0.2, 0) is 4.79 Å². The monoisotopic (exact) mass is 355 g/mol. The van der Waals surface area contributed by atoms with Crippen LogP contribution in [0.15, 0.2) is 35.7 Å². The smallest absolute Gasteiger partial charge is 0.406 e. The molecule has 1 atom stereocenters. The number of nitrogens with zero attached hydrogens (tertiary/aromatic N) is 1. The Morgan fingerprint density at radius 3 is 2.79 bits per heavy atom. The summed E-state index contributed by atoms with van der Waals surface area (Å²) in [6.07, 6.45) is -4.78. The number of nitriles is 1. The van der Waals surface area contributed by atoms with Gasteiger partial charge in [-0.15, -0.1) is 24.5 Å². The molecule has 0 aliphatic heterocycles. The van der Waals surface area contributed by atoms with Crippen molar-refractivity contribution in [2.45, 2.75) is 19.3 Å². The summed E-state index contributed by atoms with van der Waals surface area (Å²) in [6.45, 7) is 1.55. The van der Waals surface area contributed by atoms with Crippen molar-refractivity contribution < 1.29 is 22.7 Å². The van der Waals surface area contributed by atoms with Gasteiger partial charge in [-0.1, -0.05) is 6.07 Å². The van der Waals surface area contributed by atoms with Crippen LogP contribution in [0.25, 0.3) is 0 Å². The van der Waals surface area contributed by atoms with E-state index < -0.39 is 18.3 Å². The lowest BCUT2D eigenvalue weighted by molar-refractivity contribution is -0.274. The van der Waals surface area contributed by atoms with Crippen molar-refractivity contribution in [1.29, 1.82) is 5.26 Å². The van der Waals surface area contributed by atoms with E-state index in [9.17, 15) is 18.0 Å². The Hall–Kier alpha value is -2.73. The zero-order chi connectivity index (χ0) is 17.7. The second-order valence-corrected chi connectivity index (χ2v) is 5.62. The summed E-state index contributed by atoms with van der Waals surface area (Å²) in [6, 6.07) is 7.99. The lowest BCUT2D eigenvalue weighted by atomic mass is 10.2. The van der Waals surface area contributed by atoms with E-state index in [0.717, 1.165) is 12.1 Å². The van der Waals surface area contributed by atoms with Gasteiger partial charge >= 0.3 is 6.36 Å². The van der Waals surface area contributed by atoms with Gasteiger partial charge in [-0.2, -0.15) is 5.26 Å². The number of alkyl halides is 3. The number of benzene rings is 1. The molecular weight excluding hydrogens is 343 g/mol. The maximum atomic E-state index is 12.2. The van der Waals surface area contributed by atoms with Crippen molar-refractivity contribution in [1.82, 2.24) is 0 Å². The average Bonchev–Trinajstić information content (AvgIpc) is 2.92. The highest BCUT2D eigenvalue weighted by atomic mass is 32.1. The summed E-state index contributed by atoms with van der Waals surface area (Å²) < 4.78 is 40.5. The van der Waals surface area contributed by atoms with Crippen molar-refractivity contribution in [3.8, 4) is 11.8 Å². The third kappa shape index (κ3) is 4.89. The van der Waals surface area contributed by atoms with Crippen molar-refractivity contribution in [3.05, 3.63) is 41.3 Å². The van der Waals surface area contributed by atoms with Crippen LogP contribution in [0.1, 0.15) is 12.5 Å². The molecule has 0 aliphatic carbocycles. The topological polar surface area (TPSA) is 74.2 Å². The van der Waals surface area contributed by atoms with Crippen LogP contribution >= 0.6 is 11.3 Å². The van der Waals surface area contributed by atoms with Crippen LogP contribution < -0.4 is 15.4 Å². The number of rotatable bonds is 5. The minimum Gasteiger partial charge on any atom is -0.406 e. The van der Waals surface area contributed by atoms with Crippen LogP contribution in [0.4, 0.5) is 23.9 Å². The quantitative estimate of drug-likeness (QED) is 0.851. The Bertz CT molecular complexity index is 768. The molecule has 0 unspecified atom stereocenters. The number of carbonyl (C=O) groups is 1. The molecule has 0 fully saturated rings. The number of anilines is 2. The van der Waals surface area contributed by atoms with E-state index in [1.54, 1.807) is 18.4 Å². The molecule has 1 aromatic heterocycles. The van der Waals surface area contributed by atoms with E-state index in [-0.39, 0.29) is 5.75 Å². The lowest BCUT2D eigenvalue weighted by Gasteiger charge is -2.16. The third-order valence-electron chi connectivity index (χ3n) is 2.87. The van der Waals surface area contributed by atoms with Gasteiger partial charge in [0.05, 0.1) is 5.56 Å². The van der Waals surface area contributed by atoms with E-state index >= 15 is 0 Å². The maximum Gasteiger partial charge on any atom is 0.573 e. The Kier molecular flexibility index (Phi) is 5.31. The molecule has 2 rings (SSSR count). The number of hydrogen-bond acceptors (Lipinski definition) is 5. The van der Waals surface area contributed by atoms with Crippen LogP contribution in [0.5, 0.6) is 5.75 Å². The van der Waals surface area contributed by atoms with Crippen molar-refractivity contribution in [3.63, 3.8) is 0 Å². The molecule has 2 aromatic rings. The fraction of sp³-hybridized carbons (Fsp3) is 0.200. The third-order valence-corrected chi connectivity index (χ3v) is 3.70. The lowest BCUT2D eigenvalue weighted by Crippen LogP contribution is -2.31. The van der Waals surface area contributed by atoms with Gasteiger partial charge in [-0.25, -0.2) is 0 Å². The average molecular weight is 355 g/mol. The first-order chi connectivity index (χ1) is 11.3. The molecular formula is C15H12F3N3O2S. The molecule has 24 heavy (non-hydrogen) atoms. The van der Waals surface area contributed by atoms with Crippen LogP contribution in [0.2, 0.25) is 0 Å². The SMILES string of the molecule is C[C@@H](Nc1cccc(OC(F)(F)F)c1)C(=O)Nc1sccc1C#N. The molecule has 0 spiro atoms. The minimum absolute atomic E-state index is 0.297. The van der Waals surface area contributed by atoms with Gasteiger partial charge in [0.15, 0.2) is 0 Å². The number of thiophene rings is 1. The van der Waals surface area contributed by atoms with Crippen molar-refractivity contribution in [2.24, 2.45) is 0 Å². The van der Waals surface area contributed by atoms with E-state index in [4.69, 9.17) is 5.26 Å². The summed E-state index contributed by atoms with van der Waals surface area (Å²) in [7, 11) is 0. The number of hydrogen-bond donors (Lipinski definition) is 2. The van der Waals surface area contributed by atoms with E-state index in [1.807, 2.05) is 6.07 Å². The Labute approximate surface area is 139 Å². The molecule has 2 N–H and O–H groups in total. The van der Waals surface area contributed by atoms with Crippen molar-refractivity contribution >= 4 is 27.9 Å². The first-order valence-electron chi connectivity index (χ1n) is 6.69. The van der Waals surface area contributed by atoms with Crippen LogP contribution in [-0.4, -0.2) is 18.3 Å². The fourth-order valence-electron chi connectivity index (χ4n) is 1.81. The molecule has 0 bridgehead atoms. The summed E-state index contributed by atoms with van der Waals surface area (Å²) in [4.78, 5) is 12.1. The molecule has 1 aromatic carbocycles. The Morgan fingerprint density at radius 1 is 1.38 bits per heavy atom. The van der Waals surface area contributed by atoms with E-state index in [2.05, 4.69) is 15.4 Å². The molecule has 1 amide bonds. The highest BCUT2D eigenvalue weighted by Crippen LogP contribution is 2.26. The molecule has 1 heterocycles. The minimum atomic E-state index is -4.78. The normalized spacial score (nSPS) is 12.1. The second-order valence-electron chi connectivity index (χ2n) is 4.71. The number of carbonyl (C=O) groups excluding carboxylic acids is 1. The van der Waals surface area contributed by atoms with Gasteiger partial charge < -0.3 is 15.4 Å². The first-order valence-corrected chi connectivity index (χ1v) is 7.57. The molecule has 126 valence electrons. The summed E-state index contributed by atoms with van der Waals surface area (Å²) in [5.74, 6) is -0.804. The summed E-state index contributed by atoms with van der Waals surface area (Å²) in [5.41, 5.74) is 0.646. The van der Waals surface area contributed by atoms with Gasteiger partial charge in [-0.05, 0) is 30.5 Å². The largest absolute Gasteiger partial charge is 0.573 e. The zero-order valence-corrected chi connectivity index (χ0v) is 13.2. The number of ether oxygens (including phenoxy) is 1. The molecule has 0 saturated carbocycles. The Balaban J connectivity index is 2.01. The van der Waals surface area contributed by atoms with Gasteiger partial charge in [0, 0.05) is 11.8 Å². The number of nitrogens with one attached hydrogen (secondary N) is 2. The first kappa shape index (κ1) is 17.6. The standard InChI is InChI=1S/C15H12F3N3O2S/c1-9(13(22)21-14-10(8-19)5-6-24-14)20-11-3-2-4-12(7-11)23-15(16,17)18/h2-7,9,20H,1H3,(H,21,22)/t9-/m1/s1. The van der Waals surface area contributed by atoms with Gasteiger partial charge in [0.1, 0.15) is 22.9 Å². The van der Waals surface area contributed by atoms with Gasteiger partial charge in [-0.3, -0.25) is 4.79 Å².